The molecule has 67 heavy (non-hydrogen) atoms. The number of hydrogen-bond donors (Lipinski definition) is 0. The maximum atomic E-state index is 6.74. The van der Waals surface area contributed by atoms with E-state index in [1.807, 2.05) is 0 Å². The summed E-state index contributed by atoms with van der Waals surface area (Å²) >= 11 is 0. The van der Waals surface area contributed by atoms with Crippen molar-refractivity contribution in [1.29, 1.82) is 0 Å². The van der Waals surface area contributed by atoms with Crippen molar-refractivity contribution in [1.82, 2.24) is 4.57 Å². The van der Waals surface area contributed by atoms with Crippen molar-refractivity contribution < 1.29 is 4.42 Å². The van der Waals surface area contributed by atoms with Gasteiger partial charge in [0, 0.05) is 27.2 Å². The zero-order chi connectivity index (χ0) is 44.0. The van der Waals surface area contributed by atoms with Crippen LogP contribution in [0.15, 0.2) is 241 Å². The van der Waals surface area contributed by atoms with E-state index in [-0.39, 0.29) is 0 Å². The van der Waals surface area contributed by atoms with E-state index in [0.29, 0.717) is 0 Å². The van der Waals surface area contributed by atoms with Crippen molar-refractivity contribution in [2.24, 2.45) is 0 Å². The van der Waals surface area contributed by atoms with Gasteiger partial charge in [-0.25, -0.2) is 0 Å². The highest BCUT2D eigenvalue weighted by Gasteiger charge is 2.22. The number of nitrogens with zero attached hydrogens (tertiary/aromatic N) is 1. The Kier molecular flexibility index (Phi) is 8.38. The van der Waals surface area contributed by atoms with Gasteiger partial charge in [0.15, 0.2) is 0 Å². The summed E-state index contributed by atoms with van der Waals surface area (Å²) in [5, 5.41) is 14.8. The minimum Gasteiger partial charge on any atom is -0.456 e. The lowest BCUT2D eigenvalue weighted by Crippen LogP contribution is -1.95. The third-order valence-corrected chi connectivity index (χ3v) is 14.2. The van der Waals surface area contributed by atoms with Crippen LogP contribution in [0.1, 0.15) is 11.1 Å². The predicted molar refractivity (Wildman–Crippen MR) is 284 cm³/mol. The third kappa shape index (κ3) is 5.76. The highest BCUT2D eigenvalue weighted by molar-refractivity contribution is 6.26. The van der Waals surface area contributed by atoms with E-state index >= 15 is 0 Å². The molecule has 2 aromatic heterocycles. The van der Waals surface area contributed by atoms with Gasteiger partial charge in [0.25, 0.3) is 0 Å². The summed E-state index contributed by atoms with van der Waals surface area (Å²) in [6.07, 6.45) is 0.789. The van der Waals surface area contributed by atoms with Crippen LogP contribution in [0.4, 0.5) is 0 Å². The average molecular weight is 852 g/mol. The van der Waals surface area contributed by atoms with Gasteiger partial charge in [-0.1, -0.05) is 194 Å². The van der Waals surface area contributed by atoms with Crippen molar-refractivity contribution in [3.63, 3.8) is 0 Å². The quantitative estimate of drug-likeness (QED) is 0.152. The fourth-order valence-corrected chi connectivity index (χ4v) is 11.4. The normalized spacial score (nSPS) is 11.9. The molecule has 2 nitrogen and oxygen atoms in total. The van der Waals surface area contributed by atoms with Crippen LogP contribution in [-0.2, 0) is 6.42 Å². The van der Waals surface area contributed by atoms with E-state index in [1.165, 1.54) is 109 Å². The predicted octanol–water partition coefficient (Wildman–Crippen LogP) is 17.9. The first kappa shape index (κ1) is 37.6. The Bertz CT molecular complexity index is 4120. The largest absolute Gasteiger partial charge is 0.456 e. The molecule has 14 aromatic rings. The lowest BCUT2D eigenvalue weighted by molar-refractivity contribution is 0.669. The monoisotopic (exact) mass is 851 g/mol. The summed E-state index contributed by atoms with van der Waals surface area (Å²) in [5.41, 5.74) is 15.3. The first-order valence-corrected chi connectivity index (χ1v) is 23.2. The third-order valence-electron chi connectivity index (χ3n) is 14.2. The standard InChI is InChI=1S/C65H41NO/c1-2-17-42(18-3-1)62-49-23-6-4-19-45(49)56(46-20-5-7-24-50(46)62)39-41-33-38-60-57(40-41)65-55(29-16-32-61(65)67-60)64-53-27-10-8-25-51(53)63(52-26-9-11-28-54(52)64)43-34-36-44(37-35-43)66-58-30-14-12-21-47(58)48-22-13-15-31-59(48)66/h1-38,40H,39H2. The number of furan rings is 1. The van der Waals surface area contributed by atoms with Gasteiger partial charge in [0.2, 0.25) is 0 Å². The molecular formula is C65H41NO. The second-order valence-corrected chi connectivity index (χ2v) is 17.9. The molecule has 0 radical (unpaired) electrons. The Morgan fingerprint density at radius 2 is 0.776 bits per heavy atom. The number of aromatic nitrogens is 1. The summed E-state index contributed by atoms with van der Waals surface area (Å²) < 4.78 is 9.13. The highest BCUT2D eigenvalue weighted by atomic mass is 16.3. The molecule has 0 aliphatic carbocycles. The van der Waals surface area contributed by atoms with Crippen molar-refractivity contribution in [3.8, 4) is 39.1 Å². The van der Waals surface area contributed by atoms with Crippen molar-refractivity contribution in [2.75, 3.05) is 0 Å². The molecule has 0 bridgehead atoms. The highest BCUT2D eigenvalue weighted by Crippen LogP contribution is 2.48. The molecule has 0 spiro atoms. The zero-order valence-corrected chi connectivity index (χ0v) is 36.6. The number of hydrogen-bond acceptors (Lipinski definition) is 1. The molecule has 0 N–H and O–H groups in total. The van der Waals surface area contributed by atoms with Crippen molar-refractivity contribution >= 4 is 86.8 Å². The molecule has 0 aliphatic heterocycles. The number of fused-ring (bicyclic) bond motifs is 10. The van der Waals surface area contributed by atoms with Gasteiger partial charge in [-0.3, -0.25) is 0 Å². The lowest BCUT2D eigenvalue weighted by Gasteiger charge is -2.19. The van der Waals surface area contributed by atoms with Crippen molar-refractivity contribution in [3.05, 3.63) is 248 Å². The Morgan fingerprint density at radius 3 is 1.34 bits per heavy atom. The summed E-state index contributed by atoms with van der Waals surface area (Å²) in [6, 6.07) is 86.6. The molecule has 2 heteroatoms. The van der Waals surface area contributed by atoms with Gasteiger partial charge in [0.1, 0.15) is 11.2 Å². The van der Waals surface area contributed by atoms with Crippen LogP contribution < -0.4 is 0 Å². The van der Waals surface area contributed by atoms with Crippen LogP contribution in [0.25, 0.3) is 126 Å². The number of para-hydroxylation sites is 2. The molecule has 2 heterocycles. The fraction of sp³-hybridized carbons (Fsp3) is 0.0154. The molecule has 0 aliphatic rings. The summed E-state index contributed by atoms with van der Waals surface area (Å²) in [5.74, 6) is 0. The first-order chi connectivity index (χ1) is 33.3. The van der Waals surface area contributed by atoms with Crippen molar-refractivity contribution in [2.45, 2.75) is 6.42 Å². The molecule has 14 rings (SSSR count). The summed E-state index contributed by atoms with van der Waals surface area (Å²) in [6.45, 7) is 0. The van der Waals surface area contributed by atoms with Gasteiger partial charge in [-0.2, -0.15) is 0 Å². The minimum absolute atomic E-state index is 0.789. The van der Waals surface area contributed by atoms with Crippen LogP contribution in [-0.4, -0.2) is 4.57 Å². The minimum atomic E-state index is 0.789. The molecular weight excluding hydrogens is 811 g/mol. The Morgan fingerprint density at radius 1 is 0.313 bits per heavy atom. The maximum Gasteiger partial charge on any atom is 0.136 e. The van der Waals surface area contributed by atoms with Crippen LogP contribution >= 0.6 is 0 Å². The van der Waals surface area contributed by atoms with Crippen LogP contribution in [0.2, 0.25) is 0 Å². The Balaban J connectivity index is 0.938. The van der Waals surface area contributed by atoms with E-state index < -0.39 is 0 Å². The number of benzene rings is 12. The first-order valence-electron chi connectivity index (χ1n) is 23.2. The van der Waals surface area contributed by atoms with Crippen LogP contribution in [0, 0.1) is 0 Å². The summed E-state index contributed by atoms with van der Waals surface area (Å²) in [7, 11) is 0. The van der Waals surface area contributed by atoms with E-state index in [4.69, 9.17) is 4.42 Å². The molecule has 0 amide bonds. The van der Waals surface area contributed by atoms with Gasteiger partial charge >= 0.3 is 0 Å². The topological polar surface area (TPSA) is 18.1 Å². The van der Waals surface area contributed by atoms with Crippen LogP contribution in [0.3, 0.4) is 0 Å². The molecule has 0 saturated heterocycles. The SMILES string of the molecule is c1ccc(-c2c3ccccc3c(Cc3ccc4oc5cccc(-c6c7ccccc7c(-c7ccc(-n8c9ccccc9c9ccccc98)cc7)c7ccccc67)c5c4c3)c3ccccc23)cc1. The van der Waals surface area contributed by atoms with E-state index in [0.717, 1.165) is 34.0 Å². The Labute approximate surface area is 387 Å². The fourth-order valence-electron chi connectivity index (χ4n) is 11.4. The Hall–Kier alpha value is -8.72. The maximum absolute atomic E-state index is 6.74. The second kappa shape index (κ2) is 14.9. The van der Waals surface area contributed by atoms with Gasteiger partial charge in [0.05, 0.1) is 11.0 Å². The smallest absolute Gasteiger partial charge is 0.136 e. The van der Waals surface area contributed by atoms with E-state index in [2.05, 4.69) is 241 Å². The molecule has 0 saturated carbocycles. The number of rotatable bonds is 6. The second-order valence-electron chi connectivity index (χ2n) is 17.9. The van der Waals surface area contributed by atoms with Gasteiger partial charge < -0.3 is 8.98 Å². The zero-order valence-electron chi connectivity index (χ0n) is 36.6. The molecule has 0 atom stereocenters. The molecule has 312 valence electrons. The van der Waals surface area contributed by atoms with E-state index in [1.54, 1.807) is 0 Å². The summed E-state index contributed by atoms with van der Waals surface area (Å²) in [4.78, 5) is 0. The van der Waals surface area contributed by atoms with Gasteiger partial charge in [-0.05, 0) is 136 Å². The molecule has 12 aromatic carbocycles. The molecule has 0 fully saturated rings. The lowest BCUT2D eigenvalue weighted by atomic mass is 9.84. The van der Waals surface area contributed by atoms with E-state index in [9.17, 15) is 0 Å². The average Bonchev–Trinajstić information content (AvgIpc) is 3.94. The van der Waals surface area contributed by atoms with Crippen LogP contribution in [0.5, 0.6) is 0 Å². The van der Waals surface area contributed by atoms with Gasteiger partial charge in [-0.15, -0.1) is 0 Å². The molecule has 0 unspecified atom stereocenters.